The number of oxazole rings is 1. The molecule has 1 aromatic carbocycles. The number of rotatable bonds is 6. The monoisotopic (exact) mass is 357 g/mol. The number of piperidine rings is 1. The zero-order valence-corrected chi connectivity index (χ0v) is 15.5. The van der Waals surface area contributed by atoms with Crippen LogP contribution in [0.1, 0.15) is 32.1 Å². The lowest BCUT2D eigenvalue weighted by Crippen LogP contribution is -2.51. The van der Waals surface area contributed by atoms with Gasteiger partial charge in [0, 0.05) is 37.5 Å². The van der Waals surface area contributed by atoms with Gasteiger partial charge in [-0.2, -0.15) is 0 Å². The number of benzene rings is 1. The Morgan fingerprint density at radius 3 is 2.85 bits per heavy atom. The van der Waals surface area contributed by atoms with Crippen molar-refractivity contribution in [3.63, 3.8) is 0 Å². The zero-order valence-electron chi connectivity index (χ0n) is 15.5. The average Bonchev–Trinajstić information content (AvgIpc) is 3.15. The van der Waals surface area contributed by atoms with E-state index in [-0.39, 0.29) is 11.9 Å². The number of aryl methyl sites for hydroxylation is 1. The maximum Gasteiger partial charge on any atom is 0.223 e. The minimum atomic E-state index is 0.135. The third-order valence-electron chi connectivity index (χ3n) is 5.16. The minimum absolute atomic E-state index is 0.135. The Labute approximate surface area is 154 Å². The van der Waals surface area contributed by atoms with Gasteiger partial charge in [-0.05, 0) is 43.0 Å². The molecule has 0 saturated carbocycles. The molecule has 140 valence electrons. The van der Waals surface area contributed by atoms with E-state index >= 15 is 0 Å². The maximum atomic E-state index is 12.6. The molecule has 2 heterocycles. The van der Waals surface area contributed by atoms with Crippen molar-refractivity contribution in [3.05, 3.63) is 36.4 Å². The molecule has 0 aliphatic carbocycles. The standard InChI is InChI=1S/C20H27N3O3/c1-14-4-3-11-23(17(14)12-21)20(24)10-9-19-22-13-18(26-19)15-5-7-16(25-2)8-6-15/h5-8,13-14,17H,3-4,9-12,21H2,1-2H3/t14-,17+/m1/s1. The molecule has 0 bridgehead atoms. The second-order valence-electron chi connectivity index (χ2n) is 6.86. The third kappa shape index (κ3) is 4.07. The van der Waals surface area contributed by atoms with E-state index in [1.165, 1.54) is 0 Å². The fraction of sp³-hybridized carbons (Fsp3) is 0.500. The second kappa shape index (κ2) is 8.36. The number of carbonyl (C=O) groups excluding carboxylic acids is 1. The highest BCUT2D eigenvalue weighted by Crippen LogP contribution is 2.25. The smallest absolute Gasteiger partial charge is 0.223 e. The topological polar surface area (TPSA) is 81.6 Å². The molecule has 0 spiro atoms. The van der Waals surface area contributed by atoms with Gasteiger partial charge in [0.05, 0.1) is 13.3 Å². The highest BCUT2D eigenvalue weighted by Gasteiger charge is 2.30. The first-order valence-corrected chi connectivity index (χ1v) is 9.21. The van der Waals surface area contributed by atoms with Crippen molar-refractivity contribution >= 4 is 5.91 Å². The molecular weight excluding hydrogens is 330 g/mol. The van der Waals surface area contributed by atoms with Crippen LogP contribution >= 0.6 is 0 Å². The molecule has 1 aliphatic rings. The lowest BCUT2D eigenvalue weighted by atomic mass is 9.90. The van der Waals surface area contributed by atoms with Crippen LogP contribution in [0.2, 0.25) is 0 Å². The van der Waals surface area contributed by atoms with Crippen molar-refractivity contribution in [1.82, 2.24) is 9.88 Å². The number of carbonyl (C=O) groups is 1. The van der Waals surface area contributed by atoms with Gasteiger partial charge in [-0.15, -0.1) is 0 Å². The molecule has 2 aromatic rings. The van der Waals surface area contributed by atoms with Gasteiger partial charge in [0.25, 0.3) is 0 Å². The number of aromatic nitrogens is 1. The summed E-state index contributed by atoms with van der Waals surface area (Å²) in [5, 5.41) is 0. The Morgan fingerprint density at radius 1 is 1.38 bits per heavy atom. The van der Waals surface area contributed by atoms with Crippen LogP contribution in [-0.2, 0) is 11.2 Å². The van der Waals surface area contributed by atoms with Crippen molar-refractivity contribution in [2.45, 2.75) is 38.6 Å². The Kier molecular flexibility index (Phi) is 5.93. The zero-order chi connectivity index (χ0) is 18.5. The summed E-state index contributed by atoms with van der Waals surface area (Å²) in [7, 11) is 1.64. The van der Waals surface area contributed by atoms with Crippen molar-refractivity contribution in [3.8, 4) is 17.1 Å². The van der Waals surface area contributed by atoms with E-state index in [4.69, 9.17) is 14.9 Å². The van der Waals surface area contributed by atoms with Crippen molar-refractivity contribution < 1.29 is 13.9 Å². The van der Waals surface area contributed by atoms with Crippen molar-refractivity contribution in [2.24, 2.45) is 11.7 Å². The third-order valence-corrected chi connectivity index (χ3v) is 5.16. The number of methoxy groups -OCH3 is 1. The van der Waals surface area contributed by atoms with Crippen LogP contribution in [0.25, 0.3) is 11.3 Å². The minimum Gasteiger partial charge on any atom is -0.497 e. The number of amides is 1. The fourth-order valence-electron chi connectivity index (χ4n) is 3.59. The quantitative estimate of drug-likeness (QED) is 0.860. The Bertz CT molecular complexity index is 726. The molecule has 1 aromatic heterocycles. The number of hydrogen-bond donors (Lipinski definition) is 1. The van der Waals surface area contributed by atoms with Gasteiger partial charge >= 0.3 is 0 Å². The van der Waals surface area contributed by atoms with E-state index in [0.717, 1.165) is 30.7 Å². The molecule has 6 heteroatoms. The van der Waals surface area contributed by atoms with E-state index in [1.807, 2.05) is 29.2 Å². The van der Waals surface area contributed by atoms with Gasteiger partial charge in [0.1, 0.15) is 5.75 Å². The molecule has 1 amide bonds. The molecule has 1 aliphatic heterocycles. The van der Waals surface area contributed by atoms with Crippen LogP contribution in [0.4, 0.5) is 0 Å². The molecule has 1 saturated heterocycles. The van der Waals surface area contributed by atoms with Crippen LogP contribution in [0.3, 0.4) is 0 Å². The van der Waals surface area contributed by atoms with E-state index in [1.54, 1.807) is 13.3 Å². The molecule has 6 nitrogen and oxygen atoms in total. The molecule has 0 radical (unpaired) electrons. The first-order chi connectivity index (χ1) is 12.6. The lowest BCUT2D eigenvalue weighted by molar-refractivity contribution is -0.136. The van der Waals surface area contributed by atoms with Crippen LogP contribution in [-0.4, -0.2) is 42.0 Å². The Morgan fingerprint density at radius 2 is 2.15 bits per heavy atom. The first kappa shape index (κ1) is 18.5. The number of hydrogen-bond acceptors (Lipinski definition) is 5. The highest BCUT2D eigenvalue weighted by molar-refractivity contribution is 5.77. The molecule has 2 atom stereocenters. The van der Waals surface area contributed by atoms with Crippen LogP contribution < -0.4 is 10.5 Å². The molecule has 26 heavy (non-hydrogen) atoms. The number of nitrogens with zero attached hydrogens (tertiary/aromatic N) is 2. The Hall–Kier alpha value is -2.34. The largest absolute Gasteiger partial charge is 0.497 e. The summed E-state index contributed by atoms with van der Waals surface area (Å²) in [5.41, 5.74) is 6.82. The van der Waals surface area contributed by atoms with Gasteiger partial charge in [0.2, 0.25) is 5.91 Å². The van der Waals surface area contributed by atoms with Crippen LogP contribution in [0.5, 0.6) is 5.75 Å². The first-order valence-electron chi connectivity index (χ1n) is 9.21. The Balaban J connectivity index is 1.59. The van der Waals surface area contributed by atoms with Gasteiger partial charge in [-0.25, -0.2) is 4.98 Å². The van der Waals surface area contributed by atoms with Crippen LogP contribution in [0.15, 0.2) is 34.9 Å². The second-order valence-corrected chi connectivity index (χ2v) is 6.86. The lowest BCUT2D eigenvalue weighted by Gasteiger charge is -2.39. The predicted molar refractivity (Wildman–Crippen MR) is 99.8 cm³/mol. The molecule has 2 N–H and O–H groups in total. The van der Waals surface area contributed by atoms with Gasteiger partial charge in [-0.3, -0.25) is 4.79 Å². The van der Waals surface area contributed by atoms with E-state index in [2.05, 4.69) is 11.9 Å². The van der Waals surface area contributed by atoms with Crippen molar-refractivity contribution in [1.29, 1.82) is 0 Å². The summed E-state index contributed by atoms with van der Waals surface area (Å²) in [4.78, 5) is 18.9. The van der Waals surface area contributed by atoms with Crippen molar-refractivity contribution in [2.75, 3.05) is 20.2 Å². The number of nitrogens with two attached hydrogens (primary N) is 1. The maximum absolute atomic E-state index is 12.6. The van der Waals surface area contributed by atoms with Gasteiger partial charge in [0.15, 0.2) is 11.7 Å². The molecule has 0 unspecified atom stereocenters. The summed E-state index contributed by atoms with van der Waals surface area (Å²) in [6, 6.07) is 7.76. The summed E-state index contributed by atoms with van der Waals surface area (Å²) in [6.07, 6.45) is 4.77. The summed E-state index contributed by atoms with van der Waals surface area (Å²) < 4.78 is 11.0. The predicted octanol–water partition coefficient (Wildman–Crippen LogP) is 2.87. The average molecular weight is 357 g/mol. The van der Waals surface area contributed by atoms with Crippen LogP contribution in [0, 0.1) is 5.92 Å². The SMILES string of the molecule is COc1ccc(-c2cnc(CCC(=O)N3CCC[C@@H](C)[C@@H]3CN)o2)cc1. The van der Waals surface area contributed by atoms with E-state index < -0.39 is 0 Å². The van der Waals surface area contributed by atoms with E-state index in [9.17, 15) is 4.79 Å². The molecule has 3 rings (SSSR count). The molecular formula is C20H27N3O3. The van der Waals surface area contributed by atoms with Gasteiger partial charge < -0.3 is 19.8 Å². The summed E-state index contributed by atoms with van der Waals surface area (Å²) in [5.74, 6) is 2.67. The summed E-state index contributed by atoms with van der Waals surface area (Å²) in [6.45, 7) is 3.49. The highest BCUT2D eigenvalue weighted by atomic mass is 16.5. The summed E-state index contributed by atoms with van der Waals surface area (Å²) >= 11 is 0. The number of likely N-dealkylation sites (tertiary alicyclic amines) is 1. The van der Waals surface area contributed by atoms with Gasteiger partial charge in [-0.1, -0.05) is 6.92 Å². The molecule has 1 fully saturated rings. The normalized spacial score (nSPS) is 20.2. The van der Waals surface area contributed by atoms with E-state index in [0.29, 0.717) is 37.0 Å². The number of ether oxygens (including phenoxy) is 1. The fourth-order valence-corrected chi connectivity index (χ4v) is 3.59.